The van der Waals surface area contributed by atoms with Crippen LogP contribution in [0.4, 0.5) is 0 Å². The summed E-state index contributed by atoms with van der Waals surface area (Å²) in [5, 5.41) is 11.1. The van der Waals surface area contributed by atoms with Crippen molar-refractivity contribution in [2.45, 2.75) is 88.9 Å². The fraction of sp³-hybridized carbons (Fsp3) is 0.571. The summed E-state index contributed by atoms with van der Waals surface area (Å²) < 4.78 is 19.8. The molecule has 2 saturated heterocycles. The molecule has 2 aliphatic heterocycles. The molecule has 0 aromatic heterocycles. The van der Waals surface area contributed by atoms with E-state index in [0.29, 0.717) is 19.8 Å². The number of benzene rings is 2. The minimum Gasteiger partial charge on any atom is -0.415 e. The maximum absolute atomic E-state index is 10.9. The minimum absolute atomic E-state index is 0.0563. The molecule has 2 heterocycles. The van der Waals surface area contributed by atoms with E-state index in [9.17, 15) is 5.11 Å². The molecule has 0 spiro atoms. The van der Waals surface area contributed by atoms with Gasteiger partial charge in [0.15, 0.2) is 8.32 Å². The van der Waals surface area contributed by atoms with Crippen LogP contribution in [0.1, 0.15) is 38.3 Å². The van der Waals surface area contributed by atoms with E-state index in [0.717, 1.165) is 24.1 Å². The smallest absolute Gasteiger partial charge is 0.192 e. The first kappa shape index (κ1) is 25.5. The zero-order chi connectivity index (χ0) is 24.3. The van der Waals surface area contributed by atoms with Crippen molar-refractivity contribution in [3.05, 3.63) is 71.8 Å². The average molecular weight is 484 g/mol. The van der Waals surface area contributed by atoms with Gasteiger partial charge in [0, 0.05) is 6.54 Å². The van der Waals surface area contributed by atoms with Crippen LogP contribution in [0.15, 0.2) is 60.7 Å². The Kier molecular flexibility index (Phi) is 7.97. The third kappa shape index (κ3) is 5.64. The van der Waals surface area contributed by atoms with Gasteiger partial charge in [-0.3, -0.25) is 4.90 Å². The Hall–Kier alpha value is -1.54. The number of hydrogen-bond donors (Lipinski definition) is 1. The van der Waals surface area contributed by atoms with Crippen LogP contribution in [0, 0.1) is 0 Å². The predicted molar refractivity (Wildman–Crippen MR) is 138 cm³/mol. The van der Waals surface area contributed by atoms with Crippen LogP contribution < -0.4 is 0 Å². The number of aliphatic hydroxyl groups is 1. The van der Waals surface area contributed by atoms with Gasteiger partial charge in [-0.05, 0) is 35.7 Å². The Labute approximate surface area is 206 Å². The second-order valence-electron chi connectivity index (χ2n) is 11.2. The molecule has 5 nitrogen and oxygen atoms in total. The standard InChI is InChI=1S/C28H41NO4Si/c1-28(2,3)34(4,5)33-20-23-26(31-18-21-12-8-6-9-13-21)27(25-24(30)16-17-29(23)25)32-19-22-14-10-7-11-15-22/h6-15,23-27,30H,16-20H2,1-5H3/t23-,24+,25+,26+,27+/m0/s1. The number of rotatable bonds is 9. The van der Waals surface area contributed by atoms with E-state index in [1.165, 1.54) is 0 Å². The van der Waals surface area contributed by atoms with Crippen molar-refractivity contribution in [1.29, 1.82) is 0 Å². The number of ether oxygens (including phenoxy) is 2. The van der Waals surface area contributed by atoms with Crippen molar-refractivity contribution in [3.63, 3.8) is 0 Å². The van der Waals surface area contributed by atoms with Crippen LogP contribution in [0.3, 0.4) is 0 Å². The van der Waals surface area contributed by atoms with Crippen LogP contribution >= 0.6 is 0 Å². The van der Waals surface area contributed by atoms with E-state index in [2.05, 4.69) is 63.0 Å². The predicted octanol–water partition coefficient (Wildman–Crippen LogP) is 5.00. The van der Waals surface area contributed by atoms with Gasteiger partial charge in [0.1, 0.15) is 12.2 Å². The first-order valence-electron chi connectivity index (χ1n) is 12.6. The van der Waals surface area contributed by atoms with Crippen molar-refractivity contribution in [1.82, 2.24) is 4.90 Å². The molecule has 186 valence electrons. The molecule has 2 aromatic carbocycles. The van der Waals surface area contributed by atoms with Crippen LogP contribution in [-0.2, 0) is 27.1 Å². The topological polar surface area (TPSA) is 51.2 Å². The highest BCUT2D eigenvalue weighted by Gasteiger charge is 2.56. The Morgan fingerprint density at radius 2 is 1.41 bits per heavy atom. The molecule has 4 rings (SSSR count). The maximum atomic E-state index is 10.9. The van der Waals surface area contributed by atoms with Crippen molar-refractivity contribution < 1.29 is 19.0 Å². The Morgan fingerprint density at radius 1 is 0.882 bits per heavy atom. The molecule has 0 saturated carbocycles. The first-order valence-corrected chi connectivity index (χ1v) is 15.5. The summed E-state index contributed by atoms with van der Waals surface area (Å²) in [5.74, 6) is 0. The molecule has 0 bridgehead atoms. The van der Waals surface area contributed by atoms with Gasteiger partial charge in [0.2, 0.25) is 0 Å². The first-order chi connectivity index (χ1) is 16.2. The highest BCUT2D eigenvalue weighted by Crippen LogP contribution is 2.40. The SMILES string of the molecule is CC(C)(C)[Si](C)(C)OC[C@H]1[C@@H](OCc2ccccc2)[C@H](OCc2ccccc2)[C@H]2[C@H](O)CCN21. The summed E-state index contributed by atoms with van der Waals surface area (Å²) in [6.07, 6.45) is -0.0396. The number of aliphatic hydroxyl groups excluding tert-OH is 1. The van der Waals surface area contributed by atoms with Gasteiger partial charge in [0.05, 0.1) is 38.0 Å². The summed E-state index contributed by atoms with van der Waals surface area (Å²) in [7, 11) is -1.93. The molecule has 6 heteroatoms. The quantitative estimate of drug-likeness (QED) is 0.509. The number of fused-ring (bicyclic) bond motifs is 1. The molecule has 5 atom stereocenters. The molecular formula is C28H41NO4Si. The number of nitrogens with zero attached hydrogens (tertiary/aromatic N) is 1. The Balaban J connectivity index is 1.56. The van der Waals surface area contributed by atoms with Crippen LogP contribution in [-0.4, -0.2) is 61.9 Å². The Bertz CT molecular complexity index is 902. The fourth-order valence-electron chi connectivity index (χ4n) is 4.85. The van der Waals surface area contributed by atoms with E-state index in [1.807, 2.05) is 36.4 Å². The third-order valence-corrected chi connectivity index (χ3v) is 12.4. The highest BCUT2D eigenvalue weighted by molar-refractivity contribution is 6.74. The summed E-state index contributed by atoms with van der Waals surface area (Å²) >= 11 is 0. The summed E-state index contributed by atoms with van der Waals surface area (Å²) in [6.45, 7) is 13.9. The summed E-state index contributed by atoms with van der Waals surface area (Å²) in [4.78, 5) is 2.39. The molecule has 1 N–H and O–H groups in total. The molecule has 2 aliphatic rings. The van der Waals surface area contributed by atoms with E-state index in [-0.39, 0.29) is 29.3 Å². The Morgan fingerprint density at radius 3 is 1.94 bits per heavy atom. The van der Waals surface area contributed by atoms with E-state index in [4.69, 9.17) is 13.9 Å². The summed E-state index contributed by atoms with van der Waals surface area (Å²) in [6, 6.07) is 20.5. The molecule has 0 radical (unpaired) electrons. The van der Waals surface area contributed by atoms with Gasteiger partial charge in [-0.2, -0.15) is 0 Å². The van der Waals surface area contributed by atoms with Crippen molar-refractivity contribution in [2.24, 2.45) is 0 Å². The lowest BCUT2D eigenvalue weighted by molar-refractivity contribution is -0.0915. The van der Waals surface area contributed by atoms with E-state index in [1.54, 1.807) is 0 Å². The van der Waals surface area contributed by atoms with Gasteiger partial charge in [-0.1, -0.05) is 81.4 Å². The molecular weight excluding hydrogens is 442 g/mol. The largest absolute Gasteiger partial charge is 0.415 e. The zero-order valence-electron chi connectivity index (χ0n) is 21.3. The lowest BCUT2D eigenvalue weighted by atomic mass is 10.0. The molecule has 0 aliphatic carbocycles. The molecule has 34 heavy (non-hydrogen) atoms. The molecule has 2 fully saturated rings. The highest BCUT2D eigenvalue weighted by atomic mass is 28.4. The van der Waals surface area contributed by atoms with Gasteiger partial charge >= 0.3 is 0 Å². The van der Waals surface area contributed by atoms with Crippen LogP contribution in [0.25, 0.3) is 0 Å². The normalized spacial score (nSPS) is 27.8. The third-order valence-electron chi connectivity index (χ3n) is 7.92. The maximum Gasteiger partial charge on any atom is 0.192 e. The van der Waals surface area contributed by atoms with Crippen molar-refractivity contribution >= 4 is 8.32 Å². The monoisotopic (exact) mass is 483 g/mol. The van der Waals surface area contributed by atoms with Crippen molar-refractivity contribution in [3.8, 4) is 0 Å². The zero-order valence-corrected chi connectivity index (χ0v) is 22.3. The van der Waals surface area contributed by atoms with E-state index < -0.39 is 14.4 Å². The number of hydrogen-bond acceptors (Lipinski definition) is 5. The lowest BCUT2D eigenvalue weighted by Gasteiger charge is -2.38. The molecule has 0 unspecified atom stereocenters. The molecule has 2 aromatic rings. The van der Waals surface area contributed by atoms with Crippen LogP contribution in [0.2, 0.25) is 18.1 Å². The minimum atomic E-state index is -1.93. The fourth-order valence-corrected chi connectivity index (χ4v) is 5.87. The lowest BCUT2D eigenvalue weighted by Crippen LogP contribution is -2.48. The van der Waals surface area contributed by atoms with Gasteiger partial charge in [0.25, 0.3) is 0 Å². The van der Waals surface area contributed by atoms with Crippen molar-refractivity contribution in [2.75, 3.05) is 13.2 Å². The molecule has 0 amide bonds. The van der Waals surface area contributed by atoms with Gasteiger partial charge in [-0.25, -0.2) is 0 Å². The summed E-state index contributed by atoms with van der Waals surface area (Å²) in [5.41, 5.74) is 2.27. The van der Waals surface area contributed by atoms with E-state index >= 15 is 0 Å². The van der Waals surface area contributed by atoms with Gasteiger partial charge < -0.3 is 19.0 Å². The van der Waals surface area contributed by atoms with Gasteiger partial charge in [-0.15, -0.1) is 0 Å². The second-order valence-corrected chi connectivity index (χ2v) is 16.1. The van der Waals surface area contributed by atoms with Crippen LogP contribution in [0.5, 0.6) is 0 Å². The average Bonchev–Trinajstić information content (AvgIpc) is 3.32. The second kappa shape index (κ2) is 10.6.